The predicted octanol–water partition coefficient (Wildman–Crippen LogP) is 4.28. The molecule has 8 N–H and O–H groups in total. The Bertz CT molecular complexity index is 605. The van der Waals surface area contributed by atoms with Crippen molar-refractivity contribution < 1.29 is 47.1 Å². The molecule has 0 aliphatic carbocycles. The van der Waals surface area contributed by atoms with E-state index in [1.165, 1.54) is 34.5 Å². The molecule has 0 amide bonds. The minimum absolute atomic E-state index is 0.0741. The molecule has 0 bridgehead atoms. The van der Waals surface area contributed by atoms with Gasteiger partial charge in [0.1, 0.15) is 6.17 Å². The van der Waals surface area contributed by atoms with E-state index in [-0.39, 0.29) is 24.7 Å². The van der Waals surface area contributed by atoms with Crippen molar-refractivity contribution in [1.82, 2.24) is 41.5 Å². The summed E-state index contributed by atoms with van der Waals surface area (Å²) in [4.78, 5) is 0. The molecule has 4 unspecified atom stereocenters. The zero-order valence-electron chi connectivity index (χ0n) is 24.8. The van der Waals surface area contributed by atoms with Gasteiger partial charge in [-0.1, -0.05) is 6.08 Å². The Morgan fingerprint density at radius 2 is 0.905 bits per heavy atom. The third-order valence-electron chi connectivity index (χ3n) is 6.65. The Kier molecular flexibility index (Phi) is 34.4. The van der Waals surface area contributed by atoms with Crippen molar-refractivity contribution in [2.24, 2.45) is 0 Å². The number of allylic oxidation sites excluding steroid dienone is 2. The van der Waals surface area contributed by atoms with Gasteiger partial charge in [0.2, 0.25) is 0 Å². The zero-order valence-corrected chi connectivity index (χ0v) is 29.7. The van der Waals surface area contributed by atoms with Crippen LogP contribution in [0.3, 0.4) is 0 Å². The van der Waals surface area contributed by atoms with Crippen molar-refractivity contribution in [1.29, 1.82) is 0 Å². The van der Waals surface area contributed by atoms with Crippen LogP contribution in [-0.4, -0.2) is 114 Å². The van der Waals surface area contributed by atoms with Crippen LogP contribution >= 0.6 is 40.4 Å². The summed E-state index contributed by atoms with van der Waals surface area (Å²) in [6.07, 6.45) is 17.8. The Morgan fingerprint density at radius 1 is 0.571 bits per heavy atom. The van der Waals surface area contributed by atoms with Crippen molar-refractivity contribution >= 4 is 40.4 Å². The number of rotatable bonds is 4. The van der Waals surface area contributed by atoms with Crippen LogP contribution in [0.2, 0.25) is 0 Å². The molecule has 3 fully saturated rings. The van der Waals surface area contributed by atoms with E-state index in [4.69, 9.17) is 20.8 Å². The summed E-state index contributed by atoms with van der Waals surface area (Å²) in [7, 11) is 26.1. The number of piperidine rings is 3. The van der Waals surface area contributed by atoms with Crippen LogP contribution in [0.1, 0.15) is 57.8 Å². The molecule has 0 saturated carbocycles. The molecule has 4 aliphatic rings. The molecule has 42 heavy (non-hydrogen) atoms. The summed E-state index contributed by atoms with van der Waals surface area (Å²) < 4.78 is 0. The third kappa shape index (κ3) is 23.4. The van der Waals surface area contributed by atoms with E-state index in [0.717, 1.165) is 89.5 Å². The second-order valence-electron chi connectivity index (χ2n) is 9.32. The van der Waals surface area contributed by atoms with Gasteiger partial charge in [0.05, 0.1) is 18.5 Å². The number of hydrogen-bond donors (Lipinski definition) is 8. The van der Waals surface area contributed by atoms with Crippen molar-refractivity contribution in [3.63, 3.8) is 0 Å². The van der Waals surface area contributed by atoms with E-state index in [1.54, 1.807) is 19.3 Å². The van der Waals surface area contributed by atoms with Gasteiger partial charge in [-0.15, -0.1) is 0 Å². The molecule has 4 aliphatic heterocycles. The molecule has 4 heterocycles. The fraction of sp³-hybridized carbons (Fsp3) is 0.833. The summed E-state index contributed by atoms with van der Waals surface area (Å²) in [6, 6.07) is 0. The van der Waals surface area contributed by atoms with E-state index < -0.39 is 0 Å². The normalized spacial score (nSPS) is 26.1. The number of nitrogens with zero attached hydrogens (tertiary/aromatic N) is 4. The van der Waals surface area contributed by atoms with Crippen LogP contribution in [0, 0.1) is 0 Å². The first-order valence-electron chi connectivity index (χ1n) is 13.7. The molecule has 0 radical (unpaired) electrons. The first kappa shape index (κ1) is 45.2. The molecule has 3 saturated heterocycles. The van der Waals surface area contributed by atoms with Crippen molar-refractivity contribution in [3.05, 3.63) is 24.4 Å². The monoisotopic (exact) mass is 782 g/mol. The van der Waals surface area contributed by atoms with Crippen molar-refractivity contribution in [2.75, 3.05) is 47.8 Å². The van der Waals surface area contributed by atoms with Gasteiger partial charge in [-0.2, -0.15) is 15.2 Å². The number of hydroxylamine groups is 8. The number of nitrogens with one attached hydrogen (secondary N) is 4. The van der Waals surface area contributed by atoms with Crippen molar-refractivity contribution in [3.8, 4) is 0 Å². The SMILES string of the molecule is CNC1C=CC=CN1O.CNC1CCCCN1O.CNC1CCCCN1O.CNC1CCCCN1O.[Cl][Cu][Cl].[Cl][Cu][Cl]. The molecule has 4 atom stereocenters. The molecule has 0 aromatic rings. The van der Waals surface area contributed by atoms with Crippen molar-refractivity contribution in [2.45, 2.75) is 82.5 Å². The maximum atomic E-state index is 9.14. The van der Waals surface area contributed by atoms with Gasteiger partial charge in [0.15, 0.2) is 0 Å². The summed E-state index contributed by atoms with van der Waals surface area (Å²) in [5.74, 6) is 0. The Hall–Kier alpha value is 1.04. The summed E-state index contributed by atoms with van der Waals surface area (Å²) in [5.41, 5.74) is 0. The van der Waals surface area contributed by atoms with Crippen LogP contribution in [0.4, 0.5) is 0 Å². The molecule has 262 valence electrons. The second kappa shape index (κ2) is 32.0. The van der Waals surface area contributed by atoms with E-state index in [2.05, 4.69) is 61.7 Å². The molecule has 4 rings (SSSR count). The molecular weight excluding hydrogens is 733 g/mol. The average Bonchev–Trinajstić information content (AvgIpc) is 3.00. The standard InChI is InChI=1S/3C6H14N2O.C6H10N2O.4ClH.2Cu/c4*1-7-6-4-2-3-5-8(6)9;;;;;;/h3*6-7,9H,2-5H2,1H3;2-7,9H,1H3;4*1H;;/q;;;;;;;;2*+2/p-4. The van der Waals surface area contributed by atoms with E-state index >= 15 is 0 Å². The van der Waals surface area contributed by atoms with Crippen LogP contribution in [0.5, 0.6) is 0 Å². The summed E-state index contributed by atoms with van der Waals surface area (Å²) in [5, 5.41) is 53.6. The molecular formula is C24H52Cl4Cu2N8O4. The molecule has 0 aromatic carbocycles. The molecule has 18 heteroatoms. The number of hydrogen-bond acceptors (Lipinski definition) is 12. The maximum absolute atomic E-state index is 9.14. The minimum atomic E-state index is -0.0741. The Labute approximate surface area is 282 Å². The number of likely N-dealkylation sites (N-methyl/N-ethyl adjacent to an activating group) is 1. The van der Waals surface area contributed by atoms with E-state index in [0.29, 0.717) is 0 Å². The fourth-order valence-electron chi connectivity index (χ4n) is 4.35. The summed E-state index contributed by atoms with van der Waals surface area (Å²) in [6.45, 7) is 2.43. The van der Waals surface area contributed by atoms with E-state index in [9.17, 15) is 0 Å². The first-order chi connectivity index (χ1) is 20.2. The topological polar surface area (TPSA) is 142 Å². The molecule has 0 aromatic heterocycles. The zero-order chi connectivity index (χ0) is 32.2. The van der Waals surface area contributed by atoms with Gasteiger partial charge >= 0.3 is 66.7 Å². The predicted molar refractivity (Wildman–Crippen MR) is 164 cm³/mol. The molecule has 0 spiro atoms. The van der Waals surface area contributed by atoms with Gasteiger partial charge in [0.25, 0.3) is 0 Å². The fourth-order valence-corrected chi connectivity index (χ4v) is 4.35. The third-order valence-corrected chi connectivity index (χ3v) is 6.65. The first-order valence-corrected chi connectivity index (χ1v) is 18.9. The summed E-state index contributed by atoms with van der Waals surface area (Å²) >= 11 is 1.51. The van der Waals surface area contributed by atoms with Gasteiger partial charge in [0, 0.05) is 25.8 Å². The second-order valence-corrected chi connectivity index (χ2v) is 12.4. The quantitative estimate of drug-likeness (QED) is 0.193. The molecule has 12 nitrogen and oxygen atoms in total. The van der Waals surface area contributed by atoms with Gasteiger partial charge in [-0.25, -0.2) is 5.06 Å². The van der Waals surface area contributed by atoms with Crippen LogP contribution in [0.25, 0.3) is 0 Å². The Morgan fingerprint density at radius 3 is 1.10 bits per heavy atom. The van der Waals surface area contributed by atoms with Crippen LogP contribution in [0.15, 0.2) is 24.4 Å². The Balaban J connectivity index is 0. The average molecular weight is 786 g/mol. The van der Waals surface area contributed by atoms with Crippen LogP contribution in [-0.2, 0) is 26.3 Å². The van der Waals surface area contributed by atoms with Crippen LogP contribution < -0.4 is 21.3 Å². The van der Waals surface area contributed by atoms with Gasteiger partial charge in [-0.3, -0.25) is 10.5 Å². The number of halogens is 4. The van der Waals surface area contributed by atoms with Gasteiger partial charge in [-0.05, 0) is 98.1 Å². The van der Waals surface area contributed by atoms with Gasteiger partial charge < -0.3 is 31.6 Å². The van der Waals surface area contributed by atoms with E-state index in [1.807, 2.05) is 33.3 Å².